The van der Waals surface area contributed by atoms with Gasteiger partial charge in [0, 0.05) is 12.6 Å². The first-order chi connectivity index (χ1) is 9.36. The van der Waals surface area contributed by atoms with Gasteiger partial charge in [-0.15, -0.1) is 0 Å². The molecule has 0 atom stereocenters. The fourth-order valence-corrected chi connectivity index (χ4v) is 4.38. The van der Waals surface area contributed by atoms with Crippen molar-refractivity contribution in [2.75, 3.05) is 7.05 Å². The molecule has 1 aliphatic rings. The zero-order chi connectivity index (χ0) is 14.8. The van der Waals surface area contributed by atoms with Gasteiger partial charge in [0.1, 0.15) is 0 Å². The van der Waals surface area contributed by atoms with Crippen molar-refractivity contribution in [3.05, 3.63) is 29.8 Å². The van der Waals surface area contributed by atoms with Gasteiger partial charge in [-0.05, 0) is 44.2 Å². The Morgan fingerprint density at radius 1 is 1.00 bits per heavy atom. The Balaban J connectivity index is 1.93. The van der Waals surface area contributed by atoms with Crippen molar-refractivity contribution in [3.63, 3.8) is 0 Å². The SMILES string of the molecule is CC1CCC(N(C)Cc2ccc([Si](C)(C)C)cc2)CC1. The summed E-state index contributed by atoms with van der Waals surface area (Å²) in [5.74, 6) is 0.940. The third kappa shape index (κ3) is 4.19. The van der Waals surface area contributed by atoms with Gasteiger partial charge in [0.05, 0.1) is 8.07 Å². The average molecular weight is 290 g/mol. The smallest absolute Gasteiger partial charge is 0.0775 e. The van der Waals surface area contributed by atoms with Crippen LogP contribution in [-0.2, 0) is 6.54 Å². The molecule has 0 bridgehead atoms. The maximum absolute atomic E-state index is 2.56. The van der Waals surface area contributed by atoms with E-state index in [2.05, 4.69) is 62.8 Å². The molecule has 112 valence electrons. The van der Waals surface area contributed by atoms with Crippen molar-refractivity contribution < 1.29 is 0 Å². The van der Waals surface area contributed by atoms with Gasteiger partial charge in [-0.3, -0.25) is 4.90 Å². The lowest BCUT2D eigenvalue weighted by Gasteiger charge is -2.33. The fraction of sp³-hybridized carbons (Fsp3) is 0.667. The van der Waals surface area contributed by atoms with Crippen LogP contribution in [0.5, 0.6) is 0 Å². The fourth-order valence-electron chi connectivity index (χ4n) is 3.21. The zero-order valence-corrected chi connectivity index (χ0v) is 14.9. The van der Waals surface area contributed by atoms with E-state index in [4.69, 9.17) is 0 Å². The second-order valence-electron chi connectivity index (χ2n) is 7.78. The number of benzene rings is 1. The Morgan fingerprint density at radius 3 is 2.05 bits per heavy atom. The molecule has 2 rings (SSSR count). The number of hydrogen-bond donors (Lipinski definition) is 0. The molecule has 1 fully saturated rings. The molecule has 0 unspecified atom stereocenters. The van der Waals surface area contributed by atoms with Crippen LogP contribution in [0.4, 0.5) is 0 Å². The van der Waals surface area contributed by atoms with E-state index in [0.717, 1.165) is 18.5 Å². The van der Waals surface area contributed by atoms with Gasteiger partial charge >= 0.3 is 0 Å². The van der Waals surface area contributed by atoms with E-state index >= 15 is 0 Å². The molecular weight excluding hydrogens is 258 g/mol. The quantitative estimate of drug-likeness (QED) is 0.749. The summed E-state index contributed by atoms with van der Waals surface area (Å²) in [6.45, 7) is 10.7. The topological polar surface area (TPSA) is 3.24 Å². The predicted molar refractivity (Wildman–Crippen MR) is 92.3 cm³/mol. The van der Waals surface area contributed by atoms with Crippen molar-refractivity contribution >= 4 is 13.3 Å². The molecule has 1 aliphatic carbocycles. The molecule has 0 aliphatic heterocycles. The maximum atomic E-state index is 2.56. The van der Waals surface area contributed by atoms with Crippen LogP contribution < -0.4 is 5.19 Å². The van der Waals surface area contributed by atoms with Crippen LogP contribution >= 0.6 is 0 Å². The Bertz CT molecular complexity index is 410. The molecular formula is C18H31NSi. The molecule has 0 radical (unpaired) electrons. The second kappa shape index (κ2) is 6.44. The largest absolute Gasteiger partial charge is 0.299 e. The van der Waals surface area contributed by atoms with Crippen LogP contribution in [0.1, 0.15) is 38.2 Å². The molecule has 1 aromatic carbocycles. The Morgan fingerprint density at radius 2 is 1.55 bits per heavy atom. The van der Waals surface area contributed by atoms with Crippen molar-refractivity contribution in [3.8, 4) is 0 Å². The molecule has 1 aromatic rings. The van der Waals surface area contributed by atoms with Crippen LogP contribution in [0.15, 0.2) is 24.3 Å². The first-order valence-electron chi connectivity index (χ1n) is 8.16. The predicted octanol–water partition coefficient (Wildman–Crippen LogP) is 4.24. The summed E-state index contributed by atoms with van der Waals surface area (Å²) in [5.41, 5.74) is 1.47. The van der Waals surface area contributed by atoms with Gasteiger partial charge in [-0.1, -0.05) is 56.0 Å². The van der Waals surface area contributed by atoms with E-state index in [1.54, 1.807) is 5.19 Å². The van der Waals surface area contributed by atoms with Crippen molar-refractivity contribution in [2.24, 2.45) is 5.92 Å². The van der Waals surface area contributed by atoms with E-state index in [1.807, 2.05) is 0 Å². The van der Waals surface area contributed by atoms with Crippen LogP contribution in [0.25, 0.3) is 0 Å². The standard InChI is InChI=1S/C18H31NSi/c1-15-6-10-17(11-7-15)19(2)14-16-8-12-18(13-9-16)20(3,4)5/h8-9,12-13,15,17H,6-7,10-11,14H2,1-5H3. The van der Waals surface area contributed by atoms with Crippen molar-refractivity contribution in [1.29, 1.82) is 0 Å². The highest BCUT2D eigenvalue weighted by Crippen LogP contribution is 2.27. The molecule has 0 saturated heterocycles. The summed E-state index contributed by atoms with van der Waals surface area (Å²) in [7, 11) is 1.15. The first kappa shape index (κ1) is 15.8. The highest BCUT2D eigenvalue weighted by molar-refractivity contribution is 6.88. The highest BCUT2D eigenvalue weighted by atomic mass is 28.3. The third-order valence-corrected chi connectivity index (χ3v) is 6.93. The third-order valence-electron chi connectivity index (χ3n) is 4.86. The molecule has 0 N–H and O–H groups in total. The lowest BCUT2D eigenvalue weighted by atomic mass is 9.86. The number of nitrogens with zero attached hydrogens (tertiary/aromatic N) is 1. The van der Waals surface area contributed by atoms with E-state index in [9.17, 15) is 0 Å². The lowest BCUT2D eigenvalue weighted by Crippen LogP contribution is -2.37. The minimum atomic E-state index is -1.15. The normalized spacial score (nSPS) is 24.1. The second-order valence-corrected chi connectivity index (χ2v) is 12.9. The Kier molecular flexibility index (Phi) is 5.08. The van der Waals surface area contributed by atoms with Crippen LogP contribution in [0, 0.1) is 5.92 Å². The summed E-state index contributed by atoms with van der Waals surface area (Å²) in [5, 5.41) is 1.57. The van der Waals surface area contributed by atoms with Gasteiger partial charge in [-0.2, -0.15) is 0 Å². The van der Waals surface area contributed by atoms with E-state index in [0.29, 0.717) is 0 Å². The summed E-state index contributed by atoms with van der Waals surface area (Å²) in [4.78, 5) is 2.56. The van der Waals surface area contributed by atoms with Crippen LogP contribution in [-0.4, -0.2) is 26.1 Å². The van der Waals surface area contributed by atoms with Crippen LogP contribution in [0.2, 0.25) is 19.6 Å². The summed E-state index contributed by atoms with van der Waals surface area (Å²) >= 11 is 0. The molecule has 0 spiro atoms. The van der Waals surface area contributed by atoms with Crippen LogP contribution in [0.3, 0.4) is 0 Å². The zero-order valence-electron chi connectivity index (χ0n) is 13.9. The molecule has 0 aromatic heterocycles. The van der Waals surface area contributed by atoms with Gasteiger partial charge in [0.15, 0.2) is 0 Å². The summed E-state index contributed by atoms with van der Waals surface area (Å²) < 4.78 is 0. The highest BCUT2D eigenvalue weighted by Gasteiger charge is 2.22. The van der Waals surface area contributed by atoms with Gasteiger partial charge in [-0.25, -0.2) is 0 Å². The number of rotatable bonds is 4. The Hall–Kier alpha value is -0.603. The minimum absolute atomic E-state index is 0.794. The summed E-state index contributed by atoms with van der Waals surface area (Å²) in [6, 6.07) is 10.2. The minimum Gasteiger partial charge on any atom is -0.299 e. The van der Waals surface area contributed by atoms with E-state index < -0.39 is 8.07 Å². The summed E-state index contributed by atoms with van der Waals surface area (Å²) in [6.07, 6.45) is 5.57. The first-order valence-corrected chi connectivity index (χ1v) is 11.7. The molecule has 20 heavy (non-hydrogen) atoms. The average Bonchev–Trinajstić information content (AvgIpc) is 2.39. The molecule has 1 saturated carbocycles. The lowest BCUT2D eigenvalue weighted by molar-refractivity contribution is 0.164. The van der Waals surface area contributed by atoms with E-state index in [-0.39, 0.29) is 0 Å². The van der Waals surface area contributed by atoms with E-state index in [1.165, 1.54) is 31.2 Å². The molecule has 0 heterocycles. The number of hydrogen-bond acceptors (Lipinski definition) is 1. The van der Waals surface area contributed by atoms with Gasteiger partial charge in [0.2, 0.25) is 0 Å². The van der Waals surface area contributed by atoms with Gasteiger partial charge < -0.3 is 0 Å². The monoisotopic (exact) mass is 289 g/mol. The van der Waals surface area contributed by atoms with Gasteiger partial charge in [0.25, 0.3) is 0 Å². The molecule has 1 nitrogen and oxygen atoms in total. The molecule has 2 heteroatoms. The maximum Gasteiger partial charge on any atom is 0.0775 e. The van der Waals surface area contributed by atoms with Crippen molar-refractivity contribution in [1.82, 2.24) is 4.90 Å². The Labute approximate surface area is 126 Å². The van der Waals surface area contributed by atoms with Crippen molar-refractivity contribution in [2.45, 2.75) is 64.8 Å². The molecule has 0 amide bonds.